The van der Waals surface area contributed by atoms with E-state index in [2.05, 4.69) is 28.4 Å². The zero-order valence-corrected chi connectivity index (χ0v) is 17.3. The zero-order chi connectivity index (χ0) is 22.0. The molecular weight excluding hydrogens is 398 g/mol. The molecule has 4 nitrogen and oxygen atoms in total. The van der Waals surface area contributed by atoms with Crippen LogP contribution in [0.4, 0.5) is 8.78 Å². The molecule has 1 heterocycles. The van der Waals surface area contributed by atoms with Gasteiger partial charge in [-0.25, -0.2) is 0 Å². The van der Waals surface area contributed by atoms with Crippen LogP contribution >= 0.6 is 0 Å². The first-order valence-corrected chi connectivity index (χ1v) is 10.4. The molecule has 4 aromatic rings. The number of hydrogen-bond acceptors (Lipinski definition) is 2. The highest BCUT2D eigenvalue weighted by atomic mass is 19.3. The van der Waals surface area contributed by atoms with Crippen molar-refractivity contribution in [2.75, 3.05) is 0 Å². The van der Waals surface area contributed by atoms with E-state index >= 15 is 0 Å². The fraction of sp³-hybridized carbons (Fsp3) is 0.240. The summed E-state index contributed by atoms with van der Waals surface area (Å²) in [7, 11) is 0. The van der Waals surface area contributed by atoms with E-state index in [9.17, 15) is 13.6 Å². The molecule has 0 unspecified atom stereocenters. The predicted octanol–water partition coefficient (Wildman–Crippen LogP) is 5.89. The molecule has 0 saturated carbocycles. The van der Waals surface area contributed by atoms with Crippen LogP contribution in [0.2, 0.25) is 0 Å². The number of benzene rings is 3. The van der Waals surface area contributed by atoms with Crippen molar-refractivity contribution in [2.45, 2.75) is 39.3 Å². The summed E-state index contributed by atoms with van der Waals surface area (Å²) in [6.45, 7) is -0.272. The molecule has 1 aromatic heterocycles. The quantitative estimate of drug-likeness (QED) is 0.385. The van der Waals surface area contributed by atoms with Crippen molar-refractivity contribution in [2.24, 2.45) is 5.73 Å². The van der Waals surface area contributed by atoms with Crippen LogP contribution in [0.5, 0.6) is 5.75 Å². The minimum atomic E-state index is -2.87. The summed E-state index contributed by atoms with van der Waals surface area (Å²) in [4.78, 5) is 12.1. The topological polar surface area (TPSA) is 57.2 Å². The summed E-state index contributed by atoms with van der Waals surface area (Å²) in [6, 6.07) is 18.5. The summed E-state index contributed by atoms with van der Waals surface area (Å²) in [5, 5.41) is 1.76. The monoisotopic (exact) mass is 422 g/mol. The normalized spacial score (nSPS) is 11.5. The number of ether oxygens (including phenoxy) is 1. The van der Waals surface area contributed by atoms with Gasteiger partial charge in [0.15, 0.2) is 0 Å². The van der Waals surface area contributed by atoms with E-state index in [0.717, 1.165) is 46.6 Å². The van der Waals surface area contributed by atoms with Crippen LogP contribution in [0.3, 0.4) is 0 Å². The van der Waals surface area contributed by atoms with Crippen LogP contribution in [-0.2, 0) is 13.0 Å². The molecule has 0 radical (unpaired) electrons. The van der Waals surface area contributed by atoms with Crippen molar-refractivity contribution < 1.29 is 18.3 Å². The Kier molecular flexibility index (Phi) is 5.89. The third-order valence-electron chi connectivity index (χ3n) is 5.50. The molecule has 0 aliphatic rings. The number of alkyl halides is 2. The lowest BCUT2D eigenvalue weighted by atomic mass is 10.0. The van der Waals surface area contributed by atoms with E-state index in [4.69, 9.17) is 5.73 Å². The molecule has 1 amide bonds. The second kappa shape index (κ2) is 8.76. The van der Waals surface area contributed by atoms with Gasteiger partial charge in [-0.15, -0.1) is 0 Å². The van der Waals surface area contributed by atoms with E-state index in [1.54, 1.807) is 18.2 Å². The highest BCUT2D eigenvalue weighted by Gasteiger charge is 2.17. The first kappa shape index (κ1) is 20.8. The Labute approximate surface area is 179 Å². The number of nitrogens with zero attached hydrogens (tertiary/aromatic N) is 1. The minimum absolute atomic E-state index is 0.120. The summed E-state index contributed by atoms with van der Waals surface area (Å²) < 4.78 is 31.9. The van der Waals surface area contributed by atoms with Crippen molar-refractivity contribution in [3.05, 3.63) is 77.4 Å². The maximum atomic E-state index is 12.6. The number of hydrogen-bond donors (Lipinski definition) is 1. The molecule has 4 rings (SSSR count). The van der Waals surface area contributed by atoms with Gasteiger partial charge in [0.25, 0.3) is 0 Å². The molecule has 0 atom stereocenters. The number of rotatable bonds is 8. The van der Waals surface area contributed by atoms with Crippen LogP contribution in [0.1, 0.15) is 41.3 Å². The number of aryl methyl sites for hydroxylation is 1. The van der Waals surface area contributed by atoms with Gasteiger partial charge in [-0.05, 0) is 54.3 Å². The molecule has 160 valence electrons. The van der Waals surface area contributed by atoms with Gasteiger partial charge in [-0.3, -0.25) is 4.79 Å². The molecule has 0 aliphatic carbocycles. The molecular formula is C25H24F2N2O2. The van der Waals surface area contributed by atoms with Gasteiger partial charge in [-0.1, -0.05) is 43.7 Å². The smallest absolute Gasteiger partial charge is 0.387 e. The number of carbonyl (C=O) groups is 1. The van der Waals surface area contributed by atoms with Crippen molar-refractivity contribution in [1.82, 2.24) is 4.57 Å². The standard InChI is InChI=1S/C25H24F2N2O2/c1-2-3-6-16-11-12-19-22(14-16)29(21-10-5-9-20(23(19)21)24(28)30)15-17-7-4-8-18(13-17)31-25(26)27/h4-5,7-14,25H,2-3,6,15H2,1H3,(H2,28,30). The number of carbonyl (C=O) groups excluding carboxylic acids is 1. The molecule has 0 fully saturated rings. The second-order valence-corrected chi connectivity index (χ2v) is 7.63. The molecule has 0 spiro atoms. The number of nitrogens with two attached hydrogens (primary N) is 1. The Morgan fingerprint density at radius 2 is 1.84 bits per heavy atom. The molecule has 2 N–H and O–H groups in total. The Morgan fingerprint density at radius 3 is 2.58 bits per heavy atom. The second-order valence-electron chi connectivity index (χ2n) is 7.63. The van der Waals surface area contributed by atoms with E-state index in [0.29, 0.717) is 12.1 Å². The molecule has 6 heteroatoms. The van der Waals surface area contributed by atoms with Gasteiger partial charge in [0.2, 0.25) is 5.91 Å². The molecule has 31 heavy (non-hydrogen) atoms. The third kappa shape index (κ3) is 4.24. The zero-order valence-electron chi connectivity index (χ0n) is 17.3. The third-order valence-corrected chi connectivity index (χ3v) is 5.50. The SMILES string of the molecule is CCCCc1ccc2c3c(C(N)=O)cccc3n(Cc3cccc(OC(F)F)c3)c2c1. The highest BCUT2D eigenvalue weighted by molar-refractivity contribution is 6.18. The number of amides is 1. The number of halogens is 2. The van der Waals surface area contributed by atoms with Gasteiger partial charge < -0.3 is 15.0 Å². The van der Waals surface area contributed by atoms with E-state index in [1.165, 1.54) is 11.6 Å². The Bertz CT molecular complexity index is 1250. The maximum absolute atomic E-state index is 12.6. The average Bonchev–Trinajstić information content (AvgIpc) is 3.05. The molecule has 0 bridgehead atoms. The maximum Gasteiger partial charge on any atom is 0.387 e. The number of aromatic nitrogens is 1. The fourth-order valence-corrected chi connectivity index (χ4v) is 4.10. The van der Waals surface area contributed by atoms with Gasteiger partial charge in [0.05, 0.1) is 5.52 Å². The summed E-state index contributed by atoms with van der Waals surface area (Å²) in [5.74, 6) is -0.359. The Hall–Kier alpha value is -3.41. The molecule has 3 aromatic carbocycles. The van der Waals surface area contributed by atoms with Gasteiger partial charge in [0.1, 0.15) is 5.75 Å². The van der Waals surface area contributed by atoms with Crippen LogP contribution in [0, 0.1) is 0 Å². The number of primary amides is 1. The highest BCUT2D eigenvalue weighted by Crippen LogP contribution is 2.33. The minimum Gasteiger partial charge on any atom is -0.435 e. The van der Waals surface area contributed by atoms with Crippen molar-refractivity contribution in [1.29, 1.82) is 0 Å². The van der Waals surface area contributed by atoms with Crippen molar-refractivity contribution >= 4 is 27.7 Å². The van der Waals surface area contributed by atoms with Gasteiger partial charge in [0, 0.05) is 28.4 Å². The first-order valence-electron chi connectivity index (χ1n) is 10.4. The summed E-state index contributed by atoms with van der Waals surface area (Å²) >= 11 is 0. The number of unbranched alkanes of at least 4 members (excludes halogenated alkanes) is 1. The predicted molar refractivity (Wildman–Crippen MR) is 119 cm³/mol. The van der Waals surface area contributed by atoms with Crippen LogP contribution < -0.4 is 10.5 Å². The summed E-state index contributed by atoms with van der Waals surface area (Å²) in [5.41, 5.74) is 10.0. The Morgan fingerprint density at radius 1 is 1.03 bits per heavy atom. The fourth-order valence-electron chi connectivity index (χ4n) is 4.10. The lowest BCUT2D eigenvalue weighted by molar-refractivity contribution is -0.0498. The Balaban J connectivity index is 1.89. The van der Waals surface area contributed by atoms with Gasteiger partial charge >= 0.3 is 6.61 Å². The van der Waals surface area contributed by atoms with Gasteiger partial charge in [-0.2, -0.15) is 8.78 Å². The summed E-state index contributed by atoms with van der Waals surface area (Å²) in [6.07, 6.45) is 3.16. The van der Waals surface area contributed by atoms with E-state index < -0.39 is 12.5 Å². The number of fused-ring (bicyclic) bond motifs is 3. The van der Waals surface area contributed by atoms with E-state index in [-0.39, 0.29) is 5.75 Å². The van der Waals surface area contributed by atoms with E-state index in [1.807, 2.05) is 24.3 Å². The van der Waals surface area contributed by atoms with Crippen LogP contribution in [-0.4, -0.2) is 17.1 Å². The lowest BCUT2D eigenvalue weighted by Crippen LogP contribution is -2.11. The van der Waals surface area contributed by atoms with Crippen LogP contribution in [0.15, 0.2) is 60.7 Å². The first-order chi connectivity index (χ1) is 15.0. The lowest BCUT2D eigenvalue weighted by Gasteiger charge is -2.11. The average molecular weight is 422 g/mol. The molecule has 0 aliphatic heterocycles. The van der Waals surface area contributed by atoms with Crippen LogP contribution in [0.25, 0.3) is 21.8 Å². The van der Waals surface area contributed by atoms with Crippen molar-refractivity contribution in [3.63, 3.8) is 0 Å². The van der Waals surface area contributed by atoms with Crippen molar-refractivity contribution in [3.8, 4) is 5.75 Å². The molecule has 0 saturated heterocycles. The largest absolute Gasteiger partial charge is 0.435 e.